The summed E-state index contributed by atoms with van der Waals surface area (Å²) in [6.45, 7) is 2.71. The van der Waals surface area contributed by atoms with Crippen LogP contribution in [0.1, 0.15) is 64.7 Å². The molecule has 1 aromatic carbocycles. The van der Waals surface area contributed by atoms with Crippen LogP contribution in [0.15, 0.2) is 24.3 Å². The highest BCUT2D eigenvalue weighted by Gasteiger charge is 2.27. The van der Waals surface area contributed by atoms with Gasteiger partial charge in [-0.2, -0.15) is 0 Å². The van der Waals surface area contributed by atoms with E-state index in [1.165, 1.54) is 19.3 Å². The molecule has 0 bridgehead atoms. The molecule has 1 aromatic rings. The molecule has 1 fully saturated rings. The average Bonchev–Trinajstić information content (AvgIpc) is 3.59. The zero-order valence-electron chi connectivity index (χ0n) is 19.0. The second-order valence-corrected chi connectivity index (χ2v) is 8.29. The van der Waals surface area contributed by atoms with Crippen molar-refractivity contribution < 1.29 is 19.1 Å². The summed E-state index contributed by atoms with van der Waals surface area (Å²) in [7, 11) is 1.58. The van der Waals surface area contributed by atoms with Gasteiger partial charge in [-0.25, -0.2) is 0 Å². The van der Waals surface area contributed by atoms with Crippen molar-refractivity contribution in [1.29, 1.82) is 0 Å². The van der Waals surface area contributed by atoms with Gasteiger partial charge in [-0.15, -0.1) is 0 Å². The lowest BCUT2D eigenvalue weighted by Gasteiger charge is -2.22. The number of amides is 3. The SMILES string of the molecule is CCCCCCCCC(=O)N(CC(=O)NCC(=O)Nc1ccc(OC)cc1)CC1CC1. The Balaban J connectivity index is 1.71. The van der Waals surface area contributed by atoms with Crippen molar-refractivity contribution in [3.8, 4) is 5.75 Å². The normalized spacial score (nSPS) is 12.8. The van der Waals surface area contributed by atoms with Crippen molar-refractivity contribution >= 4 is 23.4 Å². The molecule has 7 nitrogen and oxygen atoms in total. The van der Waals surface area contributed by atoms with E-state index in [2.05, 4.69) is 17.6 Å². The molecule has 1 aliphatic carbocycles. The van der Waals surface area contributed by atoms with Crippen LogP contribution in [0.25, 0.3) is 0 Å². The molecule has 0 aliphatic heterocycles. The van der Waals surface area contributed by atoms with Gasteiger partial charge in [-0.05, 0) is 49.4 Å². The van der Waals surface area contributed by atoms with Crippen LogP contribution in [-0.4, -0.2) is 49.4 Å². The van der Waals surface area contributed by atoms with Crippen molar-refractivity contribution in [1.82, 2.24) is 10.2 Å². The maximum absolute atomic E-state index is 12.6. The number of ether oxygens (including phenoxy) is 1. The molecule has 7 heteroatoms. The quantitative estimate of drug-likeness (QED) is 0.414. The van der Waals surface area contributed by atoms with Crippen molar-refractivity contribution in [3.05, 3.63) is 24.3 Å². The van der Waals surface area contributed by atoms with Crippen LogP contribution in [0.3, 0.4) is 0 Å². The molecule has 3 amide bonds. The minimum Gasteiger partial charge on any atom is -0.497 e. The maximum Gasteiger partial charge on any atom is 0.243 e. The first-order valence-corrected chi connectivity index (χ1v) is 11.5. The van der Waals surface area contributed by atoms with Gasteiger partial charge in [0.2, 0.25) is 17.7 Å². The Labute approximate surface area is 185 Å². The van der Waals surface area contributed by atoms with Crippen LogP contribution < -0.4 is 15.4 Å². The molecule has 0 spiro atoms. The molecule has 1 aliphatic rings. The molecule has 172 valence electrons. The van der Waals surface area contributed by atoms with E-state index in [9.17, 15) is 14.4 Å². The van der Waals surface area contributed by atoms with Gasteiger partial charge in [0.1, 0.15) is 5.75 Å². The van der Waals surface area contributed by atoms with Crippen LogP contribution in [0, 0.1) is 5.92 Å². The fraction of sp³-hybridized carbons (Fsp3) is 0.625. The molecule has 0 heterocycles. The minimum atomic E-state index is -0.314. The van der Waals surface area contributed by atoms with Crippen LogP contribution >= 0.6 is 0 Å². The predicted octanol–water partition coefficient (Wildman–Crippen LogP) is 3.74. The Kier molecular flexibility index (Phi) is 10.9. The van der Waals surface area contributed by atoms with E-state index in [1.54, 1.807) is 36.3 Å². The number of benzene rings is 1. The lowest BCUT2D eigenvalue weighted by atomic mass is 10.1. The van der Waals surface area contributed by atoms with Crippen molar-refractivity contribution in [2.24, 2.45) is 5.92 Å². The summed E-state index contributed by atoms with van der Waals surface area (Å²) in [5.41, 5.74) is 0.629. The number of hydrogen-bond acceptors (Lipinski definition) is 4. The smallest absolute Gasteiger partial charge is 0.243 e. The Hall–Kier alpha value is -2.57. The van der Waals surface area contributed by atoms with Gasteiger partial charge in [-0.3, -0.25) is 14.4 Å². The standard InChI is InChI=1S/C24H37N3O4/c1-3-4-5-6-7-8-9-24(30)27(17-19-10-11-19)18-23(29)25-16-22(28)26-20-12-14-21(31-2)15-13-20/h12-15,19H,3-11,16-18H2,1-2H3,(H,25,29)(H,26,28). The maximum atomic E-state index is 12.6. The van der Waals surface area contributed by atoms with Gasteiger partial charge in [0.25, 0.3) is 0 Å². The van der Waals surface area contributed by atoms with Crippen LogP contribution in [-0.2, 0) is 14.4 Å². The summed E-state index contributed by atoms with van der Waals surface area (Å²) in [6.07, 6.45) is 9.49. The lowest BCUT2D eigenvalue weighted by Crippen LogP contribution is -2.43. The van der Waals surface area contributed by atoms with Crippen molar-refractivity contribution in [2.45, 2.75) is 64.7 Å². The first kappa shape index (κ1) is 24.7. The summed E-state index contributed by atoms with van der Waals surface area (Å²) >= 11 is 0. The number of anilines is 1. The van der Waals surface area contributed by atoms with Crippen molar-refractivity contribution in [3.63, 3.8) is 0 Å². The summed E-state index contributed by atoms with van der Waals surface area (Å²) in [4.78, 5) is 38.7. The molecule has 2 rings (SSSR count). The van der Waals surface area contributed by atoms with E-state index in [1.807, 2.05) is 0 Å². The van der Waals surface area contributed by atoms with Gasteiger partial charge in [-0.1, -0.05) is 39.0 Å². The van der Waals surface area contributed by atoms with Gasteiger partial charge >= 0.3 is 0 Å². The van der Waals surface area contributed by atoms with Crippen molar-refractivity contribution in [2.75, 3.05) is 32.1 Å². The third-order valence-electron chi connectivity index (χ3n) is 5.43. The largest absolute Gasteiger partial charge is 0.497 e. The number of carbonyl (C=O) groups is 3. The van der Waals surface area contributed by atoms with Crippen LogP contribution in [0.5, 0.6) is 5.75 Å². The van der Waals surface area contributed by atoms with E-state index in [0.29, 0.717) is 30.3 Å². The number of nitrogens with one attached hydrogen (secondary N) is 2. The molecule has 2 N–H and O–H groups in total. The van der Waals surface area contributed by atoms with Gasteiger partial charge < -0.3 is 20.3 Å². The Morgan fingerprint density at radius 3 is 2.32 bits per heavy atom. The number of rotatable bonds is 15. The van der Waals surface area contributed by atoms with Gasteiger partial charge in [0.05, 0.1) is 20.2 Å². The minimum absolute atomic E-state index is 0.0149. The lowest BCUT2D eigenvalue weighted by molar-refractivity contribution is -0.136. The predicted molar refractivity (Wildman–Crippen MR) is 122 cm³/mol. The molecular weight excluding hydrogens is 394 g/mol. The Bertz CT molecular complexity index is 701. The molecule has 0 aromatic heterocycles. The summed E-state index contributed by atoms with van der Waals surface area (Å²) in [5.74, 6) is 0.639. The zero-order chi connectivity index (χ0) is 22.5. The van der Waals surface area contributed by atoms with Gasteiger partial charge in [0.15, 0.2) is 0 Å². The first-order chi connectivity index (χ1) is 15.0. The zero-order valence-corrected chi connectivity index (χ0v) is 19.0. The molecule has 31 heavy (non-hydrogen) atoms. The van der Waals surface area contributed by atoms with E-state index in [-0.39, 0.29) is 30.8 Å². The molecule has 1 saturated carbocycles. The Morgan fingerprint density at radius 2 is 1.68 bits per heavy atom. The molecular formula is C24H37N3O4. The number of carbonyl (C=O) groups excluding carboxylic acids is 3. The third-order valence-corrected chi connectivity index (χ3v) is 5.43. The number of methoxy groups -OCH3 is 1. The fourth-order valence-corrected chi connectivity index (χ4v) is 3.37. The van der Waals surface area contributed by atoms with Crippen LogP contribution in [0.2, 0.25) is 0 Å². The van der Waals surface area contributed by atoms with E-state index in [0.717, 1.165) is 32.1 Å². The summed E-state index contributed by atoms with van der Waals surface area (Å²) in [5, 5.41) is 5.35. The van der Waals surface area contributed by atoms with Gasteiger partial charge in [0, 0.05) is 18.7 Å². The molecule has 0 saturated heterocycles. The first-order valence-electron chi connectivity index (χ1n) is 11.5. The summed E-state index contributed by atoms with van der Waals surface area (Å²) < 4.78 is 5.09. The monoisotopic (exact) mass is 431 g/mol. The fourth-order valence-electron chi connectivity index (χ4n) is 3.37. The highest BCUT2D eigenvalue weighted by atomic mass is 16.5. The number of nitrogens with zero attached hydrogens (tertiary/aromatic N) is 1. The van der Waals surface area contributed by atoms with E-state index >= 15 is 0 Å². The topological polar surface area (TPSA) is 87.7 Å². The molecule has 0 radical (unpaired) electrons. The number of hydrogen-bond donors (Lipinski definition) is 2. The molecule has 0 unspecified atom stereocenters. The second-order valence-electron chi connectivity index (χ2n) is 8.29. The van der Waals surface area contributed by atoms with E-state index < -0.39 is 0 Å². The highest BCUT2D eigenvalue weighted by molar-refractivity contribution is 5.95. The van der Waals surface area contributed by atoms with E-state index in [4.69, 9.17) is 4.74 Å². The van der Waals surface area contributed by atoms with Crippen LogP contribution in [0.4, 0.5) is 5.69 Å². The third kappa shape index (κ3) is 10.3. The number of unbranched alkanes of at least 4 members (excludes halogenated alkanes) is 5. The highest BCUT2D eigenvalue weighted by Crippen LogP contribution is 2.30. The molecule has 0 atom stereocenters. The average molecular weight is 432 g/mol. The second kappa shape index (κ2) is 13.7. The Morgan fingerprint density at radius 1 is 1.00 bits per heavy atom. The summed E-state index contributed by atoms with van der Waals surface area (Å²) in [6, 6.07) is 6.96.